The number of hydrogen-bond donors (Lipinski definition) is 0. The lowest BCUT2D eigenvalue weighted by atomic mass is 10.1. The molecule has 4 rings (SSSR count). The zero-order chi connectivity index (χ0) is 22.3. The van der Waals surface area contributed by atoms with Gasteiger partial charge in [0.2, 0.25) is 5.88 Å². The summed E-state index contributed by atoms with van der Waals surface area (Å²) in [6.07, 6.45) is 11.2. The zero-order valence-electron chi connectivity index (χ0n) is 18.9. The highest BCUT2D eigenvalue weighted by Crippen LogP contribution is 2.32. The molecule has 0 spiro atoms. The number of ether oxygens (including phenoxy) is 2. The first-order valence-electron chi connectivity index (χ1n) is 11.5. The van der Waals surface area contributed by atoms with Gasteiger partial charge in [-0.05, 0) is 44.4 Å². The minimum Gasteiger partial charge on any atom is -0.449 e. The van der Waals surface area contributed by atoms with Gasteiger partial charge in [0.1, 0.15) is 12.0 Å². The van der Waals surface area contributed by atoms with Crippen LogP contribution in [0.5, 0.6) is 11.6 Å². The fourth-order valence-electron chi connectivity index (χ4n) is 4.11. The van der Waals surface area contributed by atoms with Crippen LogP contribution in [0.4, 0.5) is 4.79 Å². The molecular weight excluding hydrogens is 406 g/mol. The summed E-state index contributed by atoms with van der Waals surface area (Å²) in [6.45, 7) is 5.95. The number of piperidine rings is 1. The number of likely N-dealkylation sites (tertiary alicyclic amines) is 1. The summed E-state index contributed by atoms with van der Waals surface area (Å²) in [6, 6.07) is 5.98. The number of fused-ring (bicyclic) bond motifs is 1. The molecule has 4 heterocycles. The Morgan fingerprint density at radius 1 is 1.12 bits per heavy atom. The predicted molar refractivity (Wildman–Crippen MR) is 122 cm³/mol. The molecule has 8 heteroatoms. The molecule has 1 aliphatic heterocycles. The Balaban J connectivity index is 1.38. The number of aryl methyl sites for hydroxylation is 1. The molecule has 0 aromatic carbocycles. The van der Waals surface area contributed by atoms with Crippen molar-refractivity contribution in [2.24, 2.45) is 0 Å². The summed E-state index contributed by atoms with van der Waals surface area (Å²) in [4.78, 5) is 27.3. The van der Waals surface area contributed by atoms with Gasteiger partial charge >= 0.3 is 6.09 Å². The summed E-state index contributed by atoms with van der Waals surface area (Å²) in [5, 5.41) is 0.865. The average Bonchev–Trinajstić information content (AvgIpc) is 3.25. The van der Waals surface area contributed by atoms with Crippen LogP contribution in [0, 0.1) is 6.92 Å². The first-order chi connectivity index (χ1) is 15.7. The number of nitrogens with zero attached hydrogens (tertiary/aromatic N) is 5. The van der Waals surface area contributed by atoms with Gasteiger partial charge in [0, 0.05) is 31.5 Å². The van der Waals surface area contributed by atoms with Crippen LogP contribution in [0.3, 0.4) is 0 Å². The molecule has 0 N–H and O–H groups in total. The van der Waals surface area contributed by atoms with Gasteiger partial charge in [-0.25, -0.2) is 14.8 Å². The van der Waals surface area contributed by atoms with Crippen molar-refractivity contribution in [2.45, 2.75) is 58.4 Å². The minimum atomic E-state index is -0.192. The third kappa shape index (κ3) is 5.00. The van der Waals surface area contributed by atoms with E-state index >= 15 is 0 Å². The van der Waals surface area contributed by atoms with Crippen LogP contribution in [0.1, 0.15) is 57.2 Å². The highest BCUT2D eigenvalue weighted by Gasteiger charge is 2.26. The van der Waals surface area contributed by atoms with E-state index in [-0.39, 0.29) is 12.1 Å². The van der Waals surface area contributed by atoms with Crippen molar-refractivity contribution in [3.63, 3.8) is 0 Å². The van der Waals surface area contributed by atoms with Gasteiger partial charge in [-0.2, -0.15) is 0 Å². The second kappa shape index (κ2) is 10.4. The molecule has 0 atom stereocenters. The van der Waals surface area contributed by atoms with E-state index in [0.29, 0.717) is 31.3 Å². The van der Waals surface area contributed by atoms with Crippen molar-refractivity contribution >= 4 is 17.1 Å². The Labute approximate surface area is 188 Å². The molecule has 1 aliphatic rings. The van der Waals surface area contributed by atoms with Crippen LogP contribution >= 0.6 is 0 Å². The molecule has 1 fully saturated rings. The summed E-state index contributed by atoms with van der Waals surface area (Å²) in [7, 11) is 0. The SMILES string of the molecule is CCCCCCOC(=O)N1CCC(n2ccc3c(Oc4cccnc4C)ncnc32)CC1. The molecule has 3 aromatic rings. The standard InChI is InChI=1S/C24H31N5O3/c1-3-4-5-6-16-31-24(30)28-13-9-19(10-14-28)29-15-11-20-22(29)26-17-27-23(20)32-21-8-7-12-25-18(21)2/h7-8,11-12,15,17,19H,3-6,9-10,13-14,16H2,1-2H3. The first kappa shape index (κ1) is 22.0. The van der Waals surface area contributed by atoms with Crippen molar-refractivity contribution in [3.8, 4) is 11.6 Å². The fourth-order valence-corrected chi connectivity index (χ4v) is 4.11. The normalized spacial score (nSPS) is 14.6. The highest BCUT2D eigenvalue weighted by atomic mass is 16.6. The van der Waals surface area contributed by atoms with Crippen LogP contribution in [0.2, 0.25) is 0 Å². The number of hydrogen-bond acceptors (Lipinski definition) is 6. The lowest BCUT2D eigenvalue weighted by Crippen LogP contribution is -2.39. The molecule has 8 nitrogen and oxygen atoms in total. The Kier molecular flexibility index (Phi) is 7.19. The number of amides is 1. The summed E-state index contributed by atoms with van der Waals surface area (Å²) < 4.78 is 13.7. The summed E-state index contributed by atoms with van der Waals surface area (Å²) >= 11 is 0. The smallest absolute Gasteiger partial charge is 0.409 e. The van der Waals surface area contributed by atoms with Crippen molar-refractivity contribution < 1.29 is 14.3 Å². The van der Waals surface area contributed by atoms with Crippen LogP contribution in [-0.4, -0.2) is 50.2 Å². The Morgan fingerprint density at radius 2 is 1.97 bits per heavy atom. The van der Waals surface area contributed by atoms with E-state index in [1.165, 1.54) is 19.2 Å². The molecule has 1 amide bonds. The molecule has 0 bridgehead atoms. The van der Waals surface area contributed by atoms with E-state index < -0.39 is 0 Å². The molecule has 170 valence electrons. The van der Waals surface area contributed by atoms with Crippen LogP contribution in [-0.2, 0) is 4.74 Å². The highest BCUT2D eigenvalue weighted by molar-refractivity contribution is 5.81. The molecule has 0 saturated carbocycles. The average molecular weight is 438 g/mol. The maximum absolute atomic E-state index is 12.3. The quantitative estimate of drug-likeness (QED) is 0.446. The molecular formula is C24H31N5O3. The van der Waals surface area contributed by atoms with Gasteiger partial charge < -0.3 is 18.9 Å². The number of rotatable bonds is 8. The van der Waals surface area contributed by atoms with Gasteiger partial charge in [0.05, 0.1) is 17.7 Å². The van der Waals surface area contributed by atoms with E-state index in [2.05, 4.69) is 26.4 Å². The van der Waals surface area contributed by atoms with E-state index in [0.717, 1.165) is 42.4 Å². The largest absolute Gasteiger partial charge is 0.449 e. The van der Waals surface area contributed by atoms with Crippen LogP contribution in [0.15, 0.2) is 36.9 Å². The first-order valence-corrected chi connectivity index (χ1v) is 11.5. The number of unbranched alkanes of at least 4 members (excludes halogenated alkanes) is 3. The summed E-state index contributed by atoms with van der Waals surface area (Å²) in [5.41, 5.74) is 1.65. The van der Waals surface area contributed by atoms with E-state index in [4.69, 9.17) is 9.47 Å². The molecule has 1 saturated heterocycles. The van der Waals surface area contributed by atoms with Crippen molar-refractivity contribution in [3.05, 3.63) is 42.6 Å². The number of carbonyl (C=O) groups excluding carboxylic acids is 1. The zero-order valence-corrected chi connectivity index (χ0v) is 18.9. The fraction of sp³-hybridized carbons (Fsp3) is 0.500. The Hall–Kier alpha value is -3.16. The maximum Gasteiger partial charge on any atom is 0.409 e. The third-order valence-corrected chi connectivity index (χ3v) is 5.98. The molecule has 32 heavy (non-hydrogen) atoms. The monoisotopic (exact) mass is 437 g/mol. The molecule has 3 aromatic heterocycles. The Morgan fingerprint density at radius 3 is 2.75 bits per heavy atom. The number of aromatic nitrogens is 4. The number of carbonyl (C=O) groups is 1. The lowest BCUT2D eigenvalue weighted by molar-refractivity contribution is 0.0874. The molecule has 0 unspecified atom stereocenters. The van der Waals surface area contributed by atoms with Gasteiger partial charge in [-0.3, -0.25) is 4.98 Å². The van der Waals surface area contributed by atoms with E-state index in [1.54, 1.807) is 6.20 Å². The Bertz CT molecular complexity index is 1040. The summed E-state index contributed by atoms with van der Waals surface area (Å²) in [5.74, 6) is 1.20. The third-order valence-electron chi connectivity index (χ3n) is 5.98. The van der Waals surface area contributed by atoms with Crippen LogP contribution < -0.4 is 4.74 Å². The van der Waals surface area contributed by atoms with Gasteiger partial charge in [-0.15, -0.1) is 0 Å². The lowest BCUT2D eigenvalue weighted by Gasteiger charge is -2.32. The van der Waals surface area contributed by atoms with E-state index in [9.17, 15) is 4.79 Å². The van der Waals surface area contributed by atoms with Crippen molar-refractivity contribution in [1.29, 1.82) is 0 Å². The number of pyridine rings is 1. The maximum atomic E-state index is 12.3. The van der Waals surface area contributed by atoms with Gasteiger partial charge in [0.25, 0.3) is 0 Å². The van der Waals surface area contributed by atoms with Crippen molar-refractivity contribution in [2.75, 3.05) is 19.7 Å². The van der Waals surface area contributed by atoms with E-state index in [1.807, 2.05) is 36.2 Å². The predicted octanol–water partition coefficient (Wildman–Crippen LogP) is 5.28. The van der Waals surface area contributed by atoms with Gasteiger partial charge in [0.15, 0.2) is 5.75 Å². The van der Waals surface area contributed by atoms with Crippen molar-refractivity contribution in [1.82, 2.24) is 24.4 Å². The van der Waals surface area contributed by atoms with Crippen LogP contribution in [0.25, 0.3) is 11.0 Å². The molecule has 0 radical (unpaired) electrons. The van der Waals surface area contributed by atoms with Gasteiger partial charge in [-0.1, -0.05) is 26.2 Å². The minimum absolute atomic E-state index is 0.192. The topological polar surface area (TPSA) is 82.4 Å². The second-order valence-corrected chi connectivity index (χ2v) is 8.22. The molecule has 0 aliphatic carbocycles. The second-order valence-electron chi connectivity index (χ2n) is 8.22.